The monoisotopic (exact) mass is 482 g/mol. The van der Waals surface area contributed by atoms with Crippen molar-refractivity contribution in [2.75, 3.05) is 20.3 Å². The van der Waals surface area contributed by atoms with Gasteiger partial charge in [-0.2, -0.15) is 0 Å². The highest BCUT2D eigenvalue weighted by atomic mass is 16.5. The number of nitrogens with one attached hydrogen (secondary N) is 2. The molecule has 0 aromatic heterocycles. The molecule has 1 aliphatic carbocycles. The Bertz CT molecular complexity index is 1070. The summed E-state index contributed by atoms with van der Waals surface area (Å²) in [6, 6.07) is 14.7. The fraction of sp³-hybridized carbons (Fsp3) is 0.385. The van der Waals surface area contributed by atoms with Gasteiger partial charge in [0.25, 0.3) is 0 Å². The van der Waals surface area contributed by atoms with Gasteiger partial charge >= 0.3 is 18.0 Å². The molecule has 3 rings (SSSR count). The number of benzene rings is 2. The molecule has 2 aromatic rings. The highest BCUT2D eigenvalue weighted by Crippen LogP contribution is 2.44. The maximum atomic E-state index is 12.4. The van der Waals surface area contributed by atoms with Crippen LogP contribution in [-0.2, 0) is 23.9 Å². The minimum atomic E-state index is -1.39. The normalized spacial score (nSPS) is 13.2. The lowest BCUT2D eigenvalue weighted by atomic mass is 9.88. The van der Waals surface area contributed by atoms with Crippen LogP contribution in [0.3, 0.4) is 0 Å². The average Bonchev–Trinajstić information content (AvgIpc) is 3.14. The van der Waals surface area contributed by atoms with E-state index in [2.05, 4.69) is 27.5 Å². The SMILES string of the molecule is COC(=O)C[C@H](NC(=O)CC(C)(C)CNC(=O)OCC1c2ccccc2-c2ccccc21)C(=O)O. The van der Waals surface area contributed by atoms with E-state index in [4.69, 9.17) is 4.74 Å². The van der Waals surface area contributed by atoms with Crippen molar-refractivity contribution in [1.29, 1.82) is 0 Å². The van der Waals surface area contributed by atoms with Crippen LogP contribution in [0.25, 0.3) is 11.1 Å². The Hall–Kier alpha value is -3.88. The first-order chi connectivity index (χ1) is 16.6. The molecular formula is C26H30N2O7. The van der Waals surface area contributed by atoms with E-state index in [1.807, 2.05) is 36.4 Å². The second kappa shape index (κ2) is 11.0. The van der Waals surface area contributed by atoms with Crippen LogP contribution in [0.2, 0.25) is 0 Å². The third-order valence-corrected chi connectivity index (χ3v) is 5.93. The van der Waals surface area contributed by atoms with Gasteiger partial charge in [-0.25, -0.2) is 9.59 Å². The standard InChI is InChI=1S/C26H30N2O7/c1-26(2,13-22(29)28-21(24(31)32)12-23(30)34-3)15-27-25(33)35-14-20-18-10-6-4-8-16(18)17-9-5-7-11-19(17)20/h4-11,20-21H,12-15H2,1-3H3,(H,27,33)(H,28,29)(H,31,32)/t21-/m0/s1. The molecule has 186 valence electrons. The average molecular weight is 483 g/mol. The largest absolute Gasteiger partial charge is 0.480 e. The lowest BCUT2D eigenvalue weighted by Gasteiger charge is -2.25. The van der Waals surface area contributed by atoms with Crippen molar-refractivity contribution in [2.45, 2.75) is 38.6 Å². The number of fused-ring (bicyclic) bond motifs is 3. The number of esters is 1. The number of hydrogen-bond acceptors (Lipinski definition) is 6. The number of carbonyl (C=O) groups is 4. The van der Waals surface area contributed by atoms with Crippen molar-refractivity contribution in [2.24, 2.45) is 5.41 Å². The molecule has 0 saturated heterocycles. The van der Waals surface area contributed by atoms with Crippen molar-refractivity contribution < 1.29 is 33.8 Å². The Kier molecular flexibility index (Phi) is 8.11. The van der Waals surface area contributed by atoms with Gasteiger partial charge in [-0.05, 0) is 27.7 Å². The summed E-state index contributed by atoms with van der Waals surface area (Å²) in [5.74, 6) is -2.69. The first-order valence-corrected chi connectivity index (χ1v) is 11.3. The van der Waals surface area contributed by atoms with Gasteiger partial charge in [0.05, 0.1) is 13.5 Å². The Morgan fingerprint density at radius 1 is 1.00 bits per heavy atom. The molecule has 0 heterocycles. The molecule has 35 heavy (non-hydrogen) atoms. The second-order valence-electron chi connectivity index (χ2n) is 9.26. The number of carbonyl (C=O) groups excluding carboxylic acids is 3. The number of ether oxygens (including phenoxy) is 2. The number of amides is 2. The third kappa shape index (κ3) is 6.59. The number of rotatable bonds is 10. The lowest BCUT2D eigenvalue weighted by Crippen LogP contribution is -2.45. The van der Waals surface area contributed by atoms with Crippen LogP contribution in [0.5, 0.6) is 0 Å². The van der Waals surface area contributed by atoms with Crippen LogP contribution in [-0.4, -0.2) is 55.3 Å². The molecule has 0 radical (unpaired) electrons. The summed E-state index contributed by atoms with van der Waals surface area (Å²) in [6.07, 6.45) is -1.15. The van der Waals surface area contributed by atoms with Crippen LogP contribution < -0.4 is 10.6 Å². The van der Waals surface area contributed by atoms with E-state index < -0.39 is 41.8 Å². The van der Waals surface area contributed by atoms with E-state index in [0.29, 0.717) is 0 Å². The Balaban J connectivity index is 1.51. The highest BCUT2D eigenvalue weighted by Gasteiger charge is 2.30. The maximum Gasteiger partial charge on any atom is 0.407 e. The van der Waals surface area contributed by atoms with Crippen LogP contribution in [0, 0.1) is 5.41 Å². The molecule has 0 bridgehead atoms. The van der Waals surface area contributed by atoms with E-state index in [9.17, 15) is 24.3 Å². The van der Waals surface area contributed by atoms with Crippen molar-refractivity contribution in [3.8, 4) is 11.1 Å². The van der Waals surface area contributed by atoms with Crippen molar-refractivity contribution in [3.63, 3.8) is 0 Å². The zero-order valence-electron chi connectivity index (χ0n) is 20.0. The summed E-state index contributed by atoms with van der Waals surface area (Å²) < 4.78 is 9.97. The first-order valence-electron chi connectivity index (χ1n) is 11.3. The van der Waals surface area contributed by atoms with Gasteiger partial charge in [0, 0.05) is 18.9 Å². The Morgan fingerprint density at radius 2 is 1.57 bits per heavy atom. The van der Waals surface area contributed by atoms with Crippen molar-refractivity contribution in [1.82, 2.24) is 10.6 Å². The van der Waals surface area contributed by atoms with Gasteiger partial charge in [0.2, 0.25) is 5.91 Å². The molecule has 3 N–H and O–H groups in total. The number of alkyl carbamates (subject to hydrolysis) is 1. The molecule has 2 amide bonds. The summed E-state index contributed by atoms with van der Waals surface area (Å²) >= 11 is 0. The minimum Gasteiger partial charge on any atom is -0.480 e. The molecule has 1 aliphatic rings. The van der Waals surface area contributed by atoms with Crippen LogP contribution in [0.4, 0.5) is 4.79 Å². The van der Waals surface area contributed by atoms with Crippen LogP contribution in [0.1, 0.15) is 43.7 Å². The van der Waals surface area contributed by atoms with Crippen LogP contribution >= 0.6 is 0 Å². The first kappa shape index (κ1) is 25.7. The Labute approximate surface area is 203 Å². The van der Waals surface area contributed by atoms with Crippen molar-refractivity contribution in [3.05, 3.63) is 59.7 Å². The number of aliphatic carboxylic acids is 1. The molecule has 0 unspecified atom stereocenters. The van der Waals surface area contributed by atoms with Gasteiger partial charge in [-0.1, -0.05) is 62.4 Å². The van der Waals surface area contributed by atoms with Gasteiger partial charge in [0.15, 0.2) is 0 Å². The minimum absolute atomic E-state index is 0.0605. The number of methoxy groups -OCH3 is 1. The molecular weight excluding hydrogens is 452 g/mol. The summed E-state index contributed by atoms with van der Waals surface area (Å²) in [4.78, 5) is 47.4. The molecule has 0 spiro atoms. The van der Waals surface area contributed by atoms with E-state index in [0.717, 1.165) is 29.4 Å². The van der Waals surface area contributed by atoms with Gasteiger partial charge in [-0.3, -0.25) is 9.59 Å². The molecule has 9 nitrogen and oxygen atoms in total. The fourth-order valence-electron chi connectivity index (χ4n) is 4.15. The summed E-state index contributed by atoms with van der Waals surface area (Å²) in [5.41, 5.74) is 3.80. The third-order valence-electron chi connectivity index (χ3n) is 5.93. The predicted molar refractivity (Wildman–Crippen MR) is 128 cm³/mol. The van der Waals surface area contributed by atoms with E-state index in [-0.39, 0.29) is 25.5 Å². The molecule has 0 saturated carbocycles. The molecule has 9 heteroatoms. The van der Waals surface area contributed by atoms with Gasteiger partial charge in [0.1, 0.15) is 12.6 Å². The second-order valence-corrected chi connectivity index (χ2v) is 9.26. The summed E-state index contributed by atoms with van der Waals surface area (Å²) in [5, 5.41) is 14.2. The lowest BCUT2D eigenvalue weighted by molar-refractivity contribution is -0.148. The quantitative estimate of drug-likeness (QED) is 0.444. The molecule has 0 fully saturated rings. The van der Waals surface area contributed by atoms with Crippen molar-refractivity contribution >= 4 is 23.9 Å². The topological polar surface area (TPSA) is 131 Å². The van der Waals surface area contributed by atoms with Crippen LogP contribution in [0.15, 0.2) is 48.5 Å². The van der Waals surface area contributed by atoms with E-state index in [1.54, 1.807) is 13.8 Å². The highest BCUT2D eigenvalue weighted by molar-refractivity contribution is 5.87. The predicted octanol–water partition coefficient (Wildman–Crippen LogP) is 3.07. The Morgan fingerprint density at radius 3 is 2.11 bits per heavy atom. The number of carboxylic acids is 1. The molecule has 0 aliphatic heterocycles. The molecule has 2 aromatic carbocycles. The fourth-order valence-corrected chi connectivity index (χ4v) is 4.15. The zero-order valence-corrected chi connectivity index (χ0v) is 20.0. The maximum absolute atomic E-state index is 12.4. The summed E-state index contributed by atoms with van der Waals surface area (Å²) in [7, 11) is 1.14. The number of hydrogen-bond donors (Lipinski definition) is 3. The summed E-state index contributed by atoms with van der Waals surface area (Å²) in [6.45, 7) is 3.82. The van der Waals surface area contributed by atoms with E-state index in [1.165, 1.54) is 0 Å². The molecule has 1 atom stereocenters. The van der Waals surface area contributed by atoms with Gasteiger partial charge < -0.3 is 25.2 Å². The number of carboxylic acid groups (broad SMARTS) is 1. The zero-order chi connectivity index (χ0) is 25.6. The smallest absolute Gasteiger partial charge is 0.407 e. The van der Waals surface area contributed by atoms with Gasteiger partial charge in [-0.15, -0.1) is 0 Å². The van der Waals surface area contributed by atoms with E-state index >= 15 is 0 Å².